The molecule has 1 atom stereocenters. The van der Waals surface area contributed by atoms with Gasteiger partial charge in [-0.05, 0) is 43.2 Å². The Labute approximate surface area is 167 Å². The maximum absolute atomic E-state index is 12.8. The van der Waals surface area contributed by atoms with E-state index in [1.165, 1.54) is 21.9 Å². The average Bonchev–Trinajstić information content (AvgIpc) is 2.71. The summed E-state index contributed by atoms with van der Waals surface area (Å²) in [5, 5.41) is 3.35. The number of thioether (sulfide) groups is 1. The summed E-state index contributed by atoms with van der Waals surface area (Å²) in [6.45, 7) is 7.89. The van der Waals surface area contributed by atoms with E-state index in [0.29, 0.717) is 22.7 Å². The lowest BCUT2D eigenvalue weighted by Gasteiger charge is -2.15. The molecule has 0 spiro atoms. The van der Waals surface area contributed by atoms with Gasteiger partial charge in [0, 0.05) is 18.4 Å². The van der Waals surface area contributed by atoms with E-state index >= 15 is 0 Å². The molecule has 1 N–H and O–H groups in total. The van der Waals surface area contributed by atoms with Crippen LogP contribution in [-0.4, -0.2) is 25.7 Å². The van der Waals surface area contributed by atoms with Crippen LogP contribution in [0.25, 0.3) is 11.0 Å². The second-order valence-corrected chi connectivity index (χ2v) is 7.58. The van der Waals surface area contributed by atoms with Crippen molar-refractivity contribution >= 4 is 34.4 Å². The van der Waals surface area contributed by atoms with Crippen LogP contribution in [0.1, 0.15) is 19.4 Å². The van der Waals surface area contributed by atoms with Crippen molar-refractivity contribution in [2.75, 3.05) is 5.32 Å². The molecule has 0 saturated heterocycles. The molecule has 1 amide bonds. The van der Waals surface area contributed by atoms with E-state index in [9.17, 15) is 9.59 Å². The minimum atomic E-state index is -0.449. The summed E-state index contributed by atoms with van der Waals surface area (Å²) >= 11 is 1.23. The highest BCUT2D eigenvalue weighted by Gasteiger charge is 2.19. The van der Waals surface area contributed by atoms with E-state index < -0.39 is 5.25 Å². The van der Waals surface area contributed by atoms with Crippen molar-refractivity contribution in [1.29, 1.82) is 0 Å². The molecule has 1 aromatic carbocycles. The largest absolute Gasteiger partial charge is 0.325 e. The Hall–Kier alpha value is -2.93. The quantitative estimate of drug-likeness (QED) is 0.376. The lowest BCUT2D eigenvalue weighted by atomic mass is 10.1. The number of hydrogen-bond donors (Lipinski definition) is 1. The number of aromatic nitrogens is 3. The number of rotatable bonds is 7. The van der Waals surface area contributed by atoms with Crippen LogP contribution in [0.15, 0.2) is 65.2 Å². The number of fused-ring (bicyclic) bond motifs is 1. The Morgan fingerprint density at radius 1 is 1.32 bits per heavy atom. The number of nitrogens with one attached hydrogen (secondary N) is 1. The molecule has 0 radical (unpaired) electrons. The van der Waals surface area contributed by atoms with Gasteiger partial charge < -0.3 is 5.32 Å². The predicted octanol–water partition coefficient (Wildman–Crippen LogP) is 3.66. The standard InChI is InChI=1S/C21H22N4O2S/c1-4-13-25-20(27)17-7-6-12-22-18(17)24-21(25)28-14(3)19(26)23-16-10-8-15(5-2)9-11-16/h4,6-12,14H,1,5,13H2,2-3H3,(H,23,26)/t14-/m1/s1. The van der Waals surface area contributed by atoms with Crippen LogP contribution in [0.4, 0.5) is 5.69 Å². The fraction of sp³-hybridized carbons (Fsp3) is 0.238. The van der Waals surface area contributed by atoms with Gasteiger partial charge in [-0.15, -0.1) is 6.58 Å². The molecule has 2 aromatic heterocycles. The smallest absolute Gasteiger partial charge is 0.263 e. The third-order valence-corrected chi connectivity index (χ3v) is 5.38. The second kappa shape index (κ2) is 8.84. The first-order chi connectivity index (χ1) is 13.5. The van der Waals surface area contributed by atoms with Crippen molar-refractivity contribution in [3.8, 4) is 0 Å². The van der Waals surface area contributed by atoms with E-state index in [1.54, 1.807) is 31.3 Å². The zero-order chi connectivity index (χ0) is 20.1. The molecule has 6 nitrogen and oxygen atoms in total. The Morgan fingerprint density at radius 3 is 2.75 bits per heavy atom. The molecule has 28 heavy (non-hydrogen) atoms. The molecule has 7 heteroatoms. The number of amides is 1. The van der Waals surface area contributed by atoms with Gasteiger partial charge in [0.25, 0.3) is 5.56 Å². The summed E-state index contributed by atoms with van der Waals surface area (Å²) in [6, 6.07) is 11.2. The molecule has 2 heterocycles. The van der Waals surface area contributed by atoms with Gasteiger partial charge in [-0.3, -0.25) is 14.2 Å². The molecule has 0 fully saturated rings. The highest BCUT2D eigenvalue weighted by Crippen LogP contribution is 2.23. The van der Waals surface area contributed by atoms with E-state index in [0.717, 1.165) is 12.1 Å². The topological polar surface area (TPSA) is 76.9 Å². The van der Waals surface area contributed by atoms with Crippen LogP contribution < -0.4 is 10.9 Å². The molecule has 3 rings (SSSR count). The van der Waals surface area contributed by atoms with Gasteiger partial charge in [0.05, 0.1) is 10.6 Å². The van der Waals surface area contributed by atoms with Gasteiger partial charge in [0.2, 0.25) is 5.91 Å². The lowest BCUT2D eigenvalue weighted by Crippen LogP contribution is -2.27. The molecule has 0 aliphatic rings. The molecule has 0 aliphatic carbocycles. The number of aryl methyl sites for hydroxylation is 1. The molecular weight excluding hydrogens is 372 g/mol. The highest BCUT2D eigenvalue weighted by molar-refractivity contribution is 8.00. The average molecular weight is 395 g/mol. The number of allylic oxidation sites excluding steroid dienone is 1. The summed E-state index contributed by atoms with van der Waals surface area (Å²) in [7, 11) is 0. The Kier molecular flexibility index (Phi) is 6.26. The third-order valence-electron chi connectivity index (χ3n) is 4.29. The maximum Gasteiger partial charge on any atom is 0.263 e. The van der Waals surface area contributed by atoms with Crippen molar-refractivity contribution < 1.29 is 4.79 Å². The molecule has 144 valence electrons. The number of benzene rings is 1. The summed E-state index contributed by atoms with van der Waals surface area (Å²) < 4.78 is 1.52. The molecule has 0 bridgehead atoms. The van der Waals surface area contributed by atoms with E-state index in [4.69, 9.17) is 0 Å². The van der Waals surface area contributed by atoms with E-state index in [2.05, 4.69) is 28.8 Å². The molecule has 0 saturated carbocycles. The lowest BCUT2D eigenvalue weighted by molar-refractivity contribution is -0.115. The molecule has 0 unspecified atom stereocenters. The van der Waals surface area contributed by atoms with Crippen LogP contribution in [0.2, 0.25) is 0 Å². The number of pyridine rings is 1. The Balaban J connectivity index is 1.83. The summed E-state index contributed by atoms with van der Waals surface area (Å²) in [4.78, 5) is 34.0. The number of nitrogens with zero attached hydrogens (tertiary/aromatic N) is 3. The Bertz CT molecular complexity index is 1060. The minimum Gasteiger partial charge on any atom is -0.325 e. The highest BCUT2D eigenvalue weighted by atomic mass is 32.2. The molecule has 0 aliphatic heterocycles. The van der Waals surface area contributed by atoms with Crippen LogP contribution in [-0.2, 0) is 17.8 Å². The van der Waals surface area contributed by atoms with Crippen molar-refractivity contribution in [2.45, 2.75) is 37.2 Å². The van der Waals surface area contributed by atoms with Crippen molar-refractivity contribution in [3.05, 3.63) is 71.2 Å². The predicted molar refractivity (Wildman–Crippen MR) is 114 cm³/mol. The van der Waals surface area contributed by atoms with Gasteiger partial charge >= 0.3 is 0 Å². The summed E-state index contributed by atoms with van der Waals surface area (Å²) in [6.07, 6.45) is 4.18. The number of hydrogen-bond acceptors (Lipinski definition) is 5. The van der Waals surface area contributed by atoms with E-state index in [1.807, 2.05) is 24.3 Å². The fourth-order valence-corrected chi connectivity index (χ4v) is 3.60. The zero-order valence-electron chi connectivity index (χ0n) is 15.9. The first-order valence-corrected chi connectivity index (χ1v) is 9.94. The number of carbonyl (C=O) groups excluding carboxylic acids is 1. The van der Waals surface area contributed by atoms with Crippen LogP contribution in [0, 0.1) is 0 Å². The number of anilines is 1. The monoisotopic (exact) mass is 394 g/mol. The first-order valence-electron chi connectivity index (χ1n) is 9.06. The zero-order valence-corrected chi connectivity index (χ0v) is 16.7. The third kappa shape index (κ3) is 4.31. The normalized spacial score (nSPS) is 11.9. The number of carbonyl (C=O) groups is 1. The fourth-order valence-electron chi connectivity index (χ4n) is 2.70. The molecular formula is C21H22N4O2S. The van der Waals surface area contributed by atoms with Crippen LogP contribution in [0.5, 0.6) is 0 Å². The minimum absolute atomic E-state index is 0.158. The van der Waals surface area contributed by atoms with Gasteiger partial charge in [-0.2, -0.15) is 0 Å². The summed E-state index contributed by atoms with van der Waals surface area (Å²) in [5.74, 6) is -0.158. The summed E-state index contributed by atoms with van der Waals surface area (Å²) in [5.41, 5.74) is 2.13. The van der Waals surface area contributed by atoms with Crippen molar-refractivity contribution in [1.82, 2.24) is 14.5 Å². The molecule has 3 aromatic rings. The van der Waals surface area contributed by atoms with Crippen LogP contribution in [0.3, 0.4) is 0 Å². The van der Waals surface area contributed by atoms with Gasteiger partial charge in [-0.1, -0.05) is 36.9 Å². The van der Waals surface area contributed by atoms with Crippen molar-refractivity contribution in [3.63, 3.8) is 0 Å². The van der Waals surface area contributed by atoms with Crippen molar-refractivity contribution in [2.24, 2.45) is 0 Å². The Morgan fingerprint density at radius 2 is 2.07 bits per heavy atom. The van der Waals surface area contributed by atoms with Gasteiger partial charge in [0.1, 0.15) is 0 Å². The van der Waals surface area contributed by atoms with E-state index in [-0.39, 0.29) is 11.5 Å². The maximum atomic E-state index is 12.8. The van der Waals surface area contributed by atoms with Gasteiger partial charge in [-0.25, -0.2) is 9.97 Å². The first kappa shape index (κ1) is 19.8. The SMILES string of the molecule is C=CCn1c(S[C@H](C)C(=O)Nc2ccc(CC)cc2)nc2ncccc2c1=O. The second-order valence-electron chi connectivity index (χ2n) is 6.27. The van der Waals surface area contributed by atoms with Gasteiger partial charge in [0.15, 0.2) is 10.8 Å². The van der Waals surface area contributed by atoms with Crippen LogP contribution >= 0.6 is 11.8 Å².